The first kappa shape index (κ1) is 14.0. The third-order valence-electron chi connectivity index (χ3n) is 2.94. The summed E-state index contributed by atoms with van der Waals surface area (Å²) in [6, 6.07) is 5.69. The summed E-state index contributed by atoms with van der Waals surface area (Å²) in [7, 11) is 0. The number of hydrogen-bond donors (Lipinski definition) is 5. The van der Waals surface area contributed by atoms with Crippen molar-refractivity contribution in [3.8, 4) is 11.5 Å². The molecule has 0 amide bonds. The quantitative estimate of drug-likeness (QED) is 0.460. The number of benzene rings is 1. The van der Waals surface area contributed by atoms with Crippen LogP contribution in [0.5, 0.6) is 11.5 Å². The topological polar surface area (TPSA) is 120 Å². The third-order valence-corrected chi connectivity index (χ3v) is 2.94. The molecule has 0 saturated carbocycles. The Morgan fingerprint density at radius 2 is 1.63 bits per heavy atom. The molecular formula is C12H16O7. The highest BCUT2D eigenvalue weighted by Crippen LogP contribution is 2.25. The summed E-state index contributed by atoms with van der Waals surface area (Å²) in [5.41, 5.74) is 0. The van der Waals surface area contributed by atoms with Crippen LogP contribution in [0.25, 0.3) is 0 Å². The van der Waals surface area contributed by atoms with Gasteiger partial charge in [0.2, 0.25) is 6.29 Å². The van der Waals surface area contributed by atoms with E-state index >= 15 is 0 Å². The van der Waals surface area contributed by atoms with Crippen molar-refractivity contribution in [1.82, 2.24) is 0 Å². The molecule has 1 aromatic rings. The molecule has 106 valence electrons. The lowest BCUT2D eigenvalue weighted by atomic mass is 9.99. The van der Waals surface area contributed by atoms with Crippen LogP contribution in [0.15, 0.2) is 24.3 Å². The van der Waals surface area contributed by atoms with E-state index in [1.54, 1.807) is 0 Å². The molecule has 1 saturated heterocycles. The first-order valence-electron chi connectivity index (χ1n) is 5.79. The number of aromatic hydroxyl groups is 1. The number of hydrogen-bond acceptors (Lipinski definition) is 7. The van der Waals surface area contributed by atoms with Gasteiger partial charge in [-0.2, -0.15) is 0 Å². The predicted molar refractivity (Wildman–Crippen MR) is 62.5 cm³/mol. The molecule has 5 atom stereocenters. The minimum atomic E-state index is -1.48. The summed E-state index contributed by atoms with van der Waals surface area (Å²) in [5, 5.41) is 47.1. The van der Waals surface area contributed by atoms with Crippen LogP contribution >= 0.6 is 0 Å². The Kier molecular flexibility index (Phi) is 4.23. The monoisotopic (exact) mass is 278 g/mol. The van der Waals surface area contributed by atoms with E-state index in [0.29, 0.717) is 5.75 Å². The molecule has 19 heavy (non-hydrogen) atoms. The molecule has 0 spiro atoms. The van der Waals surface area contributed by atoms with Crippen molar-refractivity contribution in [1.29, 1.82) is 0 Å². The van der Waals surface area contributed by atoms with E-state index in [2.05, 4.69) is 0 Å². The minimum Gasteiger partial charge on any atom is -0.508 e. The van der Waals surface area contributed by atoms with E-state index in [1.807, 2.05) is 0 Å². The van der Waals surface area contributed by atoms with Gasteiger partial charge in [-0.1, -0.05) is 0 Å². The maximum Gasteiger partial charge on any atom is 0.229 e. The van der Waals surface area contributed by atoms with Crippen LogP contribution in [0.3, 0.4) is 0 Å². The van der Waals surface area contributed by atoms with Gasteiger partial charge in [-0.3, -0.25) is 0 Å². The van der Waals surface area contributed by atoms with Crippen molar-refractivity contribution in [2.24, 2.45) is 0 Å². The molecule has 1 aliphatic heterocycles. The molecule has 0 aliphatic carbocycles. The van der Waals surface area contributed by atoms with E-state index in [-0.39, 0.29) is 5.75 Å². The fourth-order valence-corrected chi connectivity index (χ4v) is 1.82. The molecule has 0 radical (unpaired) electrons. The van der Waals surface area contributed by atoms with Gasteiger partial charge in [-0.05, 0) is 24.3 Å². The molecule has 0 bridgehead atoms. The van der Waals surface area contributed by atoms with Crippen molar-refractivity contribution in [3.63, 3.8) is 0 Å². The number of phenolic OH excluding ortho intramolecular Hbond substituents is 1. The normalized spacial score (nSPS) is 35.1. The number of aliphatic hydroxyl groups is 4. The minimum absolute atomic E-state index is 0.0566. The number of rotatable bonds is 3. The highest BCUT2D eigenvalue weighted by atomic mass is 16.7. The van der Waals surface area contributed by atoms with Crippen molar-refractivity contribution >= 4 is 0 Å². The van der Waals surface area contributed by atoms with Gasteiger partial charge in [0.1, 0.15) is 35.9 Å². The van der Waals surface area contributed by atoms with Crippen molar-refractivity contribution < 1.29 is 35.0 Å². The lowest BCUT2D eigenvalue weighted by Crippen LogP contribution is -2.60. The molecule has 0 unspecified atom stereocenters. The maximum absolute atomic E-state index is 9.75. The van der Waals surface area contributed by atoms with Crippen LogP contribution in [0.2, 0.25) is 0 Å². The van der Waals surface area contributed by atoms with E-state index in [1.165, 1.54) is 24.3 Å². The van der Waals surface area contributed by atoms with Gasteiger partial charge >= 0.3 is 0 Å². The number of ether oxygens (including phenoxy) is 2. The smallest absolute Gasteiger partial charge is 0.229 e. The van der Waals surface area contributed by atoms with Gasteiger partial charge in [0, 0.05) is 0 Å². The van der Waals surface area contributed by atoms with Crippen LogP contribution in [0, 0.1) is 0 Å². The third kappa shape index (κ3) is 2.96. The van der Waals surface area contributed by atoms with Gasteiger partial charge in [0.25, 0.3) is 0 Å². The summed E-state index contributed by atoms with van der Waals surface area (Å²) < 4.78 is 10.5. The van der Waals surface area contributed by atoms with Gasteiger partial charge < -0.3 is 35.0 Å². The van der Waals surface area contributed by atoms with Crippen LogP contribution in [-0.4, -0.2) is 62.8 Å². The zero-order chi connectivity index (χ0) is 14.0. The summed E-state index contributed by atoms with van der Waals surface area (Å²) in [6.45, 7) is -0.514. The fourth-order valence-electron chi connectivity index (χ4n) is 1.82. The maximum atomic E-state index is 9.75. The molecule has 1 heterocycles. The first-order chi connectivity index (χ1) is 9.02. The summed E-state index contributed by atoms with van der Waals surface area (Å²) in [5.74, 6) is 0.364. The molecule has 5 N–H and O–H groups in total. The van der Waals surface area contributed by atoms with Crippen LogP contribution in [-0.2, 0) is 4.74 Å². The summed E-state index contributed by atoms with van der Waals surface area (Å²) in [4.78, 5) is 0. The Bertz CT molecular complexity index is 405. The second-order valence-corrected chi connectivity index (χ2v) is 4.31. The van der Waals surface area contributed by atoms with Crippen molar-refractivity contribution in [2.45, 2.75) is 30.7 Å². The molecule has 7 heteroatoms. The van der Waals surface area contributed by atoms with Crippen molar-refractivity contribution in [3.05, 3.63) is 24.3 Å². The van der Waals surface area contributed by atoms with E-state index in [0.717, 1.165) is 0 Å². The molecule has 0 aromatic heterocycles. The molecule has 1 fully saturated rings. The van der Waals surface area contributed by atoms with Crippen LogP contribution < -0.4 is 4.74 Å². The zero-order valence-corrected chi connectivity index (χ0v) is 9.96. The number of phenols is 1. The van der Waals surface area contributed by atoms with E-state index in [4.69, 9.17) is 19.7 Å². The Labute approximate surface area is 109 Å². The van der Waals surface area contributed by atoms with Crippen LogP contribution in [0.4, 0.5) is 0 Å². The number of aliphatic hydroxyl groups excluding tert-OH is 4. The molecule has 7 nitrogen and oxygen atoms in total. The standard InChI is InChI=1S/C12H16O7/c13-5-8-9(15)10(16)11(17)12(19-8)18-7-3-1-6(14)2-4-7/h1-4,8-17H,5H2/t8-,9-,10+,11-,12-/m1/s1/i1+1,2+1,3+1,4+1,6+1,7+1. The highest BCUT2D eigenvalue weighted by molar-refractivity contribution is 5.30. The molecule has 1 aromatic carbocycles. The summed E-state index contributed by atoms with van der Waals surface area (Å²) >= 11 is 0. The first-order valence-corrected chi connectivity index (χ1v) is 5.79. The van der Waals surface area contributed by atoms with E-state index < -0.39 is 37.3 Å². The lowest BCUT2D eigenvalue weighted by Gasteiger charge is -2.39. The molecule has 1 aliphatic rings. The van der Waals surface area contributed by atoms with E-state index in [9.17, 15) is 15.3 Å². The Hall–Kier alpha value is -1.38. The fraction of sp³-hybridized carbons (Fsp3) is 0.500. The molecular weight excluding hydrogens is 262 g/mol. The Morgan fingerprint density at radius 3 is 2.21 bits per heavy atom. The largest absolute Gasteiger partial charge is 0.508 e. The zero-order valence-electron chi connectivity index (χ0n) is 9.96. The predicted octanol–water partition coefficient (Wildman–Crippen LogP) is -1.43. The van der Waals surface area contributed by atoms with Crippen molar-refractivity contribution in [2.75, 3.05) is 6.61 Å². The van der Waals surface area contributed by atoms with Gasteiger partial charge in [0.05, 0.1) is 6.61 Å². The van der Waals surface area contributed by atoms with Gasteiger partial charge in [-0.15, -0.1) is 0 Å². The van der Waals surface area contributed by atoms with Gasteiger partial charge in [-0.25, -0.2) is 0 Å². The lowest BCUT2D eigenvalue weighted by molar-refractivity contribution is -0.277. The highest BCUT2D eigenvalue weighted by Gasteiger charge is 2.44. The second kappa shape index (κ2) is 5.72. The average molecular weight is 278 g/mol. The Morgan fingerprint density at radius 1 is 1.00 bits per heavy atom. The molecule has 2 rings (SSSR count). The Balaban J connectivity index is 2.08. The van der Waals surface area contributed by atoms with Crippen LogP contribution in [0.1, 0.15) is 0 Å². The average Bonchev–Trinajstić information content (AvgIpc) is 2.42. The SMILES string of the molecule is OC[C@H]1O[C@@H](O[13c]2[13cH][13cH][13c](O)[13cH][13cH]2)[C@H](O)[C@@H](O)[C@@H]1O. The van der Waals surface area contributed by atoms with Gasteiger partial charge in [0.15, 0.2) is 0 Å². The second-order valence-electron chi connectivity index (χ2n) is 4.31. The summed E-state index contributed by atoms with van der Waals surface area (Å²) in [6.07, 6.45) is -6.58.